The normalized spacial score (nSPS) is 21.2. The Balaban J connectivity index is 1.81. The van der Waals surface area contributed by atoms with Crippen LogP contribution in [-0.2, 0) is 0 Å². The van der Waals surface area contributed by atoms with Crippen molar-refractivity contribution < 1.29 is 4.74 Å². The smallest absolute Gasteiger partial charge is 0.130 e. The molecule has 3 aromatic rings. The molecule has 3 heteroatoms. The molecule has 1 heterocycles. The first kappa shape index (κ1) is 14.8. The predicted molar refractivity (Wildman–Crippen MR) is 102 cm³/mol. The van der Waals surface area contributed by atoms with E-state index in [4.69, 9.17) is 9.72 Å². The van der Waals surface area contributed by atoms with Crippen LogP contribution in [0.3, 0.4) is 0 Å². The molecule has 3 aliphatic rings. The van der Waals surface area contributed by atoms with Crippen LogP contribution in [0.2, 0.25) is 0 Å². The van der Waals surface area contributed by atoms with E-state index in [-0.39, 0.29) is 0 Å². The quantitative estimate of drug-likeness (QED) is 0.664. The second kappa shape index (κ2) is 5.76. The standard InChI is InChI=1S/C22H22N2O/c1-25-18-9-5-8-17-20(18)22(23-16-6-3-2-4-7-16)19-14-10-12-15(13-11-14)21(19)24-17/h2-9,14-15H,10-13H2,1H3,(H,23,24). The number of nitrogens with one attached hydrogen (secondary N) is 1. The number of pyridine rings is 1. The van der Waals surface area contributed by atoms with Crippen molar-refractivity contribution in [3.05, 3.63) is 59.8 Å². The van der Waals surface area contributed by atoms with E-state index in [0.29, 0.717) is 11.8 Å². The highest BCUT2D eigenvalue weighted by Gasteiger charge is 2.37. The van der Waals surface area contributed by atoms with Crippen molar-refractivity contribution in [2.75, 3.05) is 12.4 Å². The van der Waals surface area contributed by atoms with Gasteiger partial charge in [-0.25, -0.2) is 0 Å². The lowest BCUT2D eigenvalue weighted by molar-refractivity contribution is 0.353. The van der Waals surface area contributed by atoms with Crippen LogP contribution in [0.5, 0.6) is 5.75 Å². The molecule has 6 rings (SSSR count). The van der Waals surface area contributed by atoms with Gasteiger partial charge in [0.25, 0.3) is 0 Å². The minimum Gasteiger partial charge on any atom is -0.496 e. The Morgan fingerprint density at radius 2 is 1.68 bits per heavy atom. The number of aromatic nitrogens is 1. The fourth-order valence-corrected chi connectivity index (χ4v) is 4.66. The van der Waals surface area contributed by atoms with E-state index in [0.717, 1.165) is 22.3 Å². The first-order chi connectivity index (χ1) is 12.3. The van der Waals surface area contributed by atoms with Crippen molar-refractivity contribution in [3.8, 4) is 5.75 Å². The first-order valence-electron chi connectivity index (χ1n) is 9.17. The van der Waals surface area contributed by atoms with Crippen molar-refractivity contribution in [2.45, 2.75) is 37.5 Å². The zero-order chi connectivity index (χ0) is 16.8. The van der Waals surface area contributed by atoms with Crippen LogP contribution in [-0.4, -0.2) is 12.1 Å². The topological polar surface area (TPSA) is 34.1 Å². The molecule has 3 aliphatic carbocycles. The Hall–Kier alpha value is -2.55. The first-order valence-corrected chi connectivity index (χ1v) is 9.17. The number of anilines is 2. The molecule has 0 aliphatic heterocycles. The van der Waals surface area contributed by atoms with E-state index in [9.17, 15) is 0 Å². The molecule has 126 valence electrons. The number of hydrogen-bond acceptors (Lipinski definition) is 3. The minimum absolute atomic E-state index is 0.618. The highest BCUT2D eigenvalue weighted by atomic mass is 16.5. The summed E-state index contributed by atoms with van der Waals surface area (Å²) < 4.78 is 5.70. The number of fused-ring (bicyclic) bond motifs is 3. The maximum absolute atomic E-state index is 5.70. The van der Waals surface area contributed by atoms with Crippen molar-refractivity contribution >= 4 is 22.3 Å². The van der Waals surface area contributed by atoms with Gasteiger partial charge in [-0.3, -0.25) is 4.98 Å². The maximum atomic E-state index is 5.70. The van der Waals surface area contributed by atoms with Gasteiger partial charge in [0.15, 0.2) is 0 Å². The van der Waals surface area contributed by atoms with Crippen molar-refractivity contribution in [2.24, 2.45) is 0 Å². The molecule has 1 saturated carbocycles. The molecular formula is C22H22N2O. The summed E-state index contributed by atoms with van der Waals surface area (Å²) in [5.74, 6) is 2.13. The van der Waals surface area contributed by atoms with E-state index in [1.807, 2.05) is 18.2 Å². The summed E-state index contributed by atoms with van der Waals surface area (Å²) in [6.45, 7) is 0. The van der Waals surface area contributed by atoms with Gasteiger partial charge in [0.2, 0.25) is 0 Å². The van der Waals surface area contributed by atoms with Gasteiger partial charge in [-0.2, -0.15) is 0 Å². The van der Waals surface area contributed by atoms with Crippen LogP contribution in [0.25, 0.3) is 10.9 Å². The van der Waals surface area contributed by atoms with E-state index in [1.165, 1.54) is 42.6 Å². The number of rotatable bonds is 3. The average molecular weight is 330 g/mol. The molecule has 1 fully saturated rings. The summed E-state index contributed by atoms with van der Waals surface area (Å²) in [5, 5.41) is 4.83. The summed E-state index contributed by atoms with van der Waals surface area (Å²) in [5.41, 5.74) is 6.11. The summed E-state index contributed by atoms with van der Waals surface area (Å²) in [6.07, 6.45) is 5.13. The third-order valence-corrected chi connectivity index (χ3v) is 5.83. The maximum Gasteiger partial charge on any atom is 0.130 e. The van der Waals surface area contributed by atoms with Gasteiger partial charge < -0.3 is 10.1 Å². The van der Waals surface area contributed by atoms with E-state index < -0.39 is 0 Å². The van der Waals surface area contributed by atoms with Gasteiger partial charge in [0, 0.05) is 22.9 Å². The number of para-hydroxylation sites is 1. The van der Waals surface area contributed by atoms with Crippen LogP contribution >= 0.6 is 0 Å². The summed E-state index contributed by atoms with van der Waals surface area (Å²) in [4.78, 5) is 5.09. The van der Waals surface area contributed by atoms with Crippen molar-refractivity contribution in [3.63, 3.8) is 0 Å². The largest absolute Gasteiger partial charge is 0.496 e. The van der Waals surface area contributed by atoms with Crippen LogP contribution in [0.1, 0.15) is 48.8 Å². The van der Waals surface area contributed by atoms with Gasteiger partial charge in [0.1, 0.15) is 5.75 Å². The fourth-order valence-electron chi connectivity index (χ4n) is 4.66. The van der Waals surface area contributed by atoms with Crippen LogP contribution < -0.4 is 10.1 Å². The number of nitrogens with zero attached hydrogens (tertiary/aromatic N) is 1. The zero-order valence-electron chi connectivity index (χ0n) is 14.5. The summed E-state index contributed by atoms with van der Waals surface area (Å²) in [7, 11) is 1.74. The monoisotopic (exact) mass is 330 g/mol. The Labute approximate surface area is 148 Å². The van der Waals surface area contributed by atoms with E-state index >= 15 is 0 Å². The lowest BCUT2D eigenvalue weighted by Crippen LogP contribution is -2.24. The molecule has 2 aromatic carbocycles. The lowest BCUT2D eigenvalue weighted by atomic mass is 9.68. The molecule has 0 saturated heterocycles. The zero-order valence-corrected chi connectivity index (χ0v) is 14.5. The van der Waals surface area contributed by atoms with Gasteiger partial charge in [-0.05, 0) is 55.9 Å². The average Bonchev–Trinajstić information content (AvgIpc) is 2.68. The number of ether oxygens (including phenoxy) is 1. The molecule has 0 radical (unpaired) electrons. The van der Waals surface area contributed by atoms with Crippen LogP contribution in [0, 0.1) is 0 Å². The highest BCUT2D eigenvalue weighted by Crippen LogP contribution is 2.53. The molecule has 2 bridgehead atoms. The Kier molecular flexibility index (Phi) is 3.40. The molecule has 0 spiro atoms. The highest BCUT2D eigenvalue weighted by molar-refractivity contribution is 6.00. The Morgan fingerprint density at radius 3 is 2.44 bits per heavy atom. The second-order valence-electron chi connectivity index (χ2n) is 7.18. The van der Waals surface area contributed by atoms with Crippen molar-refractivity contribution in [1.82, 2.24) is 4.98 Å². The molecule has 0 unspecified atom stereocenters. The number of methoxy groups -OCH3 is 1. The molecular weight excluding hydrogens is 308 g/mol. The molecule has 1 N–H and O–H groups in total. The molecule has 25 heavy (non-hydrogen) atoms. The van der Waals surface area contributed by atoms with Crippen LogP contribution in [0.15, 0.2) is 48.5 Å². The third kappa shape index (κ3) is 2.30. The lowest BCUT2D eigenvalue weighted by Gasteiger charge is -2.39. The number of benzene rings is 2. The van der Waals surface area contributed by atoms with E-state index in [2.05, 4.69) is 35.6 Å². The van der Waals surface area contributed by atoms with Gasteiger partial charge in [-0.15, -0.1) is 0 Å². The predicted octanol–water partition coefficient (Wildman–Crippen LogP) is 5.74. The Morgan fingerprint density at radius 1 is 0.920 bits per heavy atom. The van der Waals surface area contributed by atoms with Gasteiger partial charge >= 0.3 is 0 Å². The van der Waals surface area contributed by atoms with Gasteiger partial charge in [-0.1, -0.05) is 24.3 Å². The Bertz CT molecular complexity index is 928. The molecule has 3 nitrogen and oxygen atoms in total. The third-order valence-electron chi connectivity index (χ3n) is 5.83. The summed E-state index contributed by atoms with van der Waals surface area (Å²) >= 11 is 0. The number of hydrogen-bond donors (Lipinski definition) is 1. The molecule has 0 amide bonds. The minimum atomic E-state index is 0.618. The SMILES string of the molecule is COc1cccc2nc3c(c(Nc4ccccc4)c12)C1CCC3CC1. The van der Waals surface area contributed by atoms with Gasteiger partial charge in [0.05, 0.1) is 23.7 Å². The molecule has 1 aromatic heterocycles. The molecule has 0 atom stereocenters. The summed E-state index contributed by atoms with van der Waals surface area (Å²) in [6, 6.07) is 16.6. The second-order valence-corrected chi connectivity index (χ2v) is 7.18. The van der Waals surface area contributed by atoms with E-state index in [1.54, 1.807) is 7.11 Å². The fraction of sp³-hybridized carbons (Fsp3) is 0.318. The van der Waals surface area contributed by atoms with Crippen LogP contribution in [0.4, 0.5) is 11.4 Å². The van der Waals surface area contributed by atoms with Crippen molar-refractivity contribution in [1.29, 1.82) is 0 Å².